The van der Waals surface area contributed by atoms with E-state index in [1.54, 1.807) is 0 Å². The zero-order chi connectivity index (χ0) is 13.0. The van der Waals surface area contributed by atoms with Gasteiger partial charge in [-0.25, -0.2) is 4.98 Å². The smallest absolute Gasteiger partial charge is 0.251 e. The summed E-state index contributed by atoms with van der Waals surface area (Å²) in [5.41, 5.74) is 1.75. The molecule has 0 radical (unpaired) electrons. The first kappa shape index (κ1) is 13.0. The summed E-state index contributed by atoms with van der Waals surface area (Å²) in [5.74, 6) is 0.686. The molecular weight excluding hydrogens is 294 g/mol. The molecule has 18 heavy (non-hydrogen) atoms. The molecule has 1 heterocycles. The quantitative estimate of drug-likeness (QED) is 0.906. The Morgan fingerprint density at radius 1 is 1.39 bits per heavy atom. The molecule has 0 atom stereocenters. The molecule has 0 saturated heterocycles. The van der Waals surface area contributed by atoms with Crippen molar-refractivity contribution in [2.75, 3.05) is 7.05 Å². The molecule has 2 aromatic rings. The number of aromatic nitrogens is 2. The zero-order valence-corrected chi connectivity index (χ0v) is 11.6. The van der Waals surface area contributed by atoms with Crippen molar-refractivity contribution in [3.8, 4) is 0 Å². The van der Waals surface area contributed by atoms with Crippen LogP contribution in [-0.2, 0) is 13.0 Å². The number of nitrogens with one attached hydrogen (secondary N) is 2. The van der Waals surface area contributed by atoms with E-state index in [1.807, 2.05) is 31.3 Å². The van der Waals surface area contributed by atoms with Gasteiger partial charge in [0.15, 0.2) is 0 Å². The molecule has 4 nitrogen and oxygen atoms in total. The zero-order valence-electron chi connectivity index (χ0n) is 10.0. The summed E-state index contributed by atoms with van der Waals surface area (Å²) in [6, 6.07) is 9.48. The van der Waals surface area contributed by atoms with E-state index in [9.17, 15) is 4.79 Å². The first-order chi connectivity index (χ1) is 8.67. The van der Waals surface area contributed by atoms with Crippen molar-refractivity contribution in [1.29, 1.82) is 0 Å². The van der Waals surface area contributed by atoms with Gasteiger partial charge in [0.05, 0.1) is 5.69 Å². The number of hydrogen-bond donors (Lipinski definition) is 2. The molecule has 1 aromatic heterocycles. The van der Waals surface area contributed by atoms with Crippen LogP contribution in [0.25, 0.3) is 0 Å². The Labute approximate surface area is 114 Å². The van der Waals surface area contributed by atoms with Gasteiger partial charge in [-0.2, -0.15) is 0 Å². The second-order valence-corrected chi connectivity index (χ2v) is 4.94. The fourth-order valence-electron chi connectivity index (χ4n) is 1.76. The lowest BCUT2D eigenvalue weighted by Gasteiger charge is -2.04. The van der Waals surface area contributed by atoms with Crippen molar-refractivity contribution in [1.82, 2.24) is 15.3 Å². The molecule has 0 spiro atoms. The normalized spacial score (nSPS) is 10.6. The number of rotatable bonds is 4. The maximum Gasteiger partial charge on any atom is 0.251 e. The van der Waals surface area contributed by atoms with Crippen LogP contribution in [0.1, 0.15) is 17.1 Å². The highest BCUT2D eigenvalue weighted by atomic mass is 79.9. The van der Waals surface area contributed by atoms with Crippen molar-refractivity contribution in [3.63, 3.8) is 0 Å². The number of hydrogen-bond acceptors (Lipinski definition) is 3. The van der Waals surface area contributed by atoms with Gasteiger partial charge in [0, 0.05) is 23.5 Å². The van der Waals surface area contributed by atoms with Crippen LogP contribution in [0.15, 0.2) is 39.6 Å². The Balaban J connectivity index is 2.26. The van der Waals surface area contributed by atoms with E-state index in [-0.39, 0.29) is 5.56 Å². The van der Waals surface area contributed by atoms with Crippen molar-refractivity contribution in [2.24, 2.45) is 0 Å². The molecule has 0 unspecified atom stereocenters. The number of aromatic amines is 1. The maximum atomic E-state index is 11.5. The molecule has 0 aliphatic rings. The highest BCUT2D eigenvalue weighted by molar-refractivity contribution is 9.10. The van der Waals surface area contributed by atoms with Gasteiger partial charge in [-0.15, -0.1) is 0 Å². The van der Waals surface area contributed by atoms with Crippen molar-refractivity contribution < 1.29 is 0 Å². The Bertz CT molecular complexity index is 595. The predicted molar refractivity (Wildman–Crippen MR) is 74.6 cm³/mol. The average Bonchev–Trinajstić information content (AvgIpc) is 2.28. The van der Waals surface area contributed by atoms with Gasteiger partial charge in [-0.05, 0) is 24.7 Å². The minimum atomic E-state index is -0.111. The predicted octanol–water partition coefficient (Wildman–Crippen LogP) is 1.84. The van der Waals surface area contributed by atoms with Gasteiger partial charge in [-0.1, -0.05) is 28.1 Å². The van der Waals surface area contributed by atoms with E-state index >= 15 is 0 Å². The van der Waals surface area contributed by atoms with E-state index < -0.39 is 0 Å². The molecule has 0 fully saturated rings. The standard InChI is InChI=1S/C13H14BrN3O/c1-15-8-11-7-13(18)17-12(16-11)6-9-3-2-4-10(14)5-9/h2-5,7,15H,6,8H2,1H3,(H,16,17,18). The molecule has 0 bridgehead atoms. The molecule has 94 valence electrons. The van der Waals surface area contributed by atoms with Crippen molar-refractivity contribution in [2.45, 2.75) is 13.0 Å². The Hall–Kier alpha value is -1.46. The van der Waals surface area contributed by atoms with Crippen LogP contribution >= 0.6 is 15.9 Å². The SMILES string of the molecule is CNCc1cc(=O)[nH]c(Cc2cccc(Br)c2)n1. The second kappa shape index (κ2) is 5.93. The lowest BCUT2D eigenvalue weighted by Crippen LogP contribution is -2.16. The summed E-state index contributed by atoms with van der Waals surface area (Å²) in [5, 5.41) is 2.99. The van der Waals surface area contributed by atoms with Crippen LogP contribution in [-0.4, -0.2) is 17.0 Å². The van der Waals surface area contributed by atoms with Crippen LogP contribution in [0.5, 0.6) is 0 Å². The number of benzene rings is 1. The van der Waals surface area contributed by atoms with Gasteiger partial charge in [0.2, 0.25) is 0 Å². The van der Waals surface area contributed by atoms with Crippen molar-refractivity contribution >= 4 is 15.9 Å². The fraction of sp³-hybridized carbons (Fsp3) is 0.231. The topological polar surface area (TPSA) is 57.8 Å². The molecule has 1 aromatic carbocycles. The van der Waals surface area contributed by atoms with Gasteiger partial charge < -0.3 is 10.3 Å². The van der Waals surface area contributed by atoms with E-state index in [4.69, 9.17) is 0 Å². The largest absolute Gasteiger partial charge is 0.314 e. The third-order valence-corrected chi connectivity index (χ3v) is 2.96. The molecule has 0 aliphatic heterocycles. The Kier molecular flexibility index (Phi) is 4.28. The summed E-state index contributed by atoms with van der Waals surface area (Å²) >= 11 is 3.43. The van der Waals surface area contributed by atoms with Gasteiger partial charge in [0.25, 0.3) is 5.56 Å². The molecule has 2 rings (SSSR count). The first-order valence-corrected chi connectivity index (χ1v) is 6.45. The number of nitrogens with zero attached hydrogens (tertiary/aromatic N) is 1. The summed E-state index contributed by atoms with van der Waals surface area (Å²) in [4.78, 5) is 18.7. The third kappa shape index (κ3) is 3.51. The van der Waals surface area contributed by atoms with Gasteiger partial charge >= 0.3 is 0 Å². The van der Waals surface area contributed by atoms with E-state index in [2.05, 4.69) is 31.2 Å². The second-order valence-electron chi connectivity index (χ2n) is 4.02. The summed E-state index contributed by atoms with van der Waals surface area (Å²) in [6.45, 7) is 0.593. The number of H-pyrrole nitrogens is 1. The van der Waals surface area contributed by atoms with Crippen LogP contribution in [0.2, 0.25) is 0 Å². The third-order valence-electron chi connectivity index (χ3n) is 2.46. The summed E-state index contributed by atoms with van der Waals surface area (Å²) in [7, 11) is 1.83. The highest BCUT2D eigenvalue weighted by Gasteiger charge is 2.02. The Morgan fingerprint density at radius 2 is 2.22 bits per heavy atom. The maximum absolute atomic E-state index is 11.5. The van der Waals surface area contributed by atoms with Crippen molar-refractivity contribution in [3.05, 3.63) is 62.2 Å². The summed E-state index contributed by atoms with van der Waals surface area (Å²) in [6.07, 6.45) is 0.617. The minimum Gasteiger partial charge on any atom is -0.314 e. The lowest BCUT2D eigenvalue weighted by molar-refractivity contribution is 0.767. The highest BCUT2D eigenvalue weighted by Crippen LogP contribution is 2.13. The van der Waals surface area contributed by atoms with E-state index in [0.29, 0.717) is 18.8 Å². The van der Waals surface area contributed by atoms with Crippen LogP contribution < -0.4 is 10.9 Å². The molecule has 2 N–H and O–H groups in total. The molecule has 0 amide bonds. The number of halogens is 1. The minimum absolute atomic E-state index is 0.111. The fourth-order valence-corrected chi connectivity index (χ4v) is 2.21. The molecule has 0 aliphatic carbocycles. The molecule has 0 saturated carbocycles. The van der Waals surface area contributed by atoms with Gasteiger partial charge in [-0.3, -0.25) is 4.79 Å². The monoisotopic (exact) mass is 307 g/mol. The van der Waals surface area contributed by atoms with Gasteiger partial charge in [0.1, 0.15) is 5.82 Å². The Morgan fingerprint density at radius 3 is 2.94 bits per heavy atom. The lowest BCUT2D eigenvalue weighted by atomic mass is 10.1. The molecular formula is C13H14BrN3O. The average molecular weight is 308 g/mol. The summed E-state index contributed by atoms with van der Waals surface area (Å²) < 4.78 is 1.02. The van der Waals surface area contributed by atoms with Crippen LogP contribution in [0, 0.1) is 0 Å². The van der Waals surface area contributed by atoms with E-state index in [1.165, 1.54) is 6.07 Å². The molecule has 5 heteroatoms. The van der Waals surface area contributed by atoms with Crippen LogP contribution in [0.4, 0.5) is 0 Å². The van der Waals surface area contributed by atoms with Crippen LogP contribution in [0.3, 0.4) is 0 Å². The first-order valence-electron chi connectivity index (χ1n) is 5.65. The van der Waals surface area contributed by atoms with E-state index in [0.717, 1.165) is 15.7 Å².